The molecule has 0 spiro atoms. The van der Waals surface area contributed by atoms with Crippen molar-refractivity contribution in [3.8, 4) is 5.75 Å². The van der Waals surface area contributed by atoms with Gasteiger partial charge in [-0.05, 0) is 65.8 Å². The van der Waals surface area contributed by atoms with Gasteiger partial charge >= 0.3 is 12.0 Å². The summed E-state index contributed by atoms with van der Waals surface area (Å²) >= 11 is 0. The number of nitrogens with zero attached hydrogens (tertiary/aromatic N) is 1. The third-order valence-corrected chi connectivity index (χ3v) is 7.05. The maximum Gasteiger partial charge on any atom is 0.336 e. The van der Waals surface area contributed by atoms with Gasteiger partial charge in [0.2, 0.25) is 0 Å². The summed E-state index contributed by atoms with van der Waals surface area (Å²) in [6, 6.07) is 23.1. The zero-order valence-corrected chi connectivity index (χ0v) is 20.7. The fraction of sp³-hybridized carbons (Fsp3) is 0.267. The highest BCUT2D eigenvalue weighted by Crippen LogP contribution is 2.43. The Balaban J connectivity index is 1.33. The average Bonchev–Trinajstić information content (AvgIpc) is 3.25. The summed E-state index contributed by atoms with van der Waals surface area (Å²) in [5.74, 6) is 0.00909. The molecule has 1 N–H and O–H groups in total. The first-order chi connectivity index (χ1) is 18.0. The number of carbonyl (C=O) groups is 2. The van der Waals surface area contributed by atoms with Crippen molar-refractivity contribution in [2.24, 2.45) is 0 Å². The van der Waals surface area contributed by atoms with Crippen molar-refractivity contribution in [2.45, 2.75) is 44.5 Å². The van der Waals surface area contributed by atoms with Crippen molar-refractivity contribution < 1.29 is 23.5 Å². The lowest BCUT2D eigenvalue weighted by atomic mass is 9.88. The maximum atomic E-state index is 13.2. The van der Waals surface area contributed by atoms with Crippen LogP contribution in [0.3, 0.4) is 0 Å². The lowest BCUT2D eigenvalue weighted by Crippen LogP contribution is -2.50. The van der Waals surface area contributed by atoms with E-state index in [9.17, 15) is 14.0 Å². The second-order valence-corrected chi connectivity index (χ2v) is 9.33. The van der Waals surface area contributed by atoms with Gasteiger partial charge in [0.1, 0.15) is 18.2 Å². The molecule has 6 nitrogen and oxygen atoms in total. The number of fused-ring (bicyclic) bond motifs is 2. The summed E-state index contributed by atoms with van der Waals surface area (Å²) in [5.41, 5.74) is 4.26. The summed E-state index contributed by atoms with van der Waals surface area (Å²) in [4.78, 5) is 27.9. The molecule has 1 saturated heterocycles. The van der Waals surface area contributed by atoms with Gasteiger partial charge in [0.25, 0.3) is 0 Å². The molecule has 1 fully saturated rings. The topological polar surface area (TPSA) is 67.9 Å². The molecule has 37 heavy (non-hydrogen) atoms. The molecule has 7 heteroatoms. The molecule has 5 rings (SSSR count). The van der Waals surface area contributed by atoms with E-state index < -0.39 is 5.97 Å². The Morgan fingerprint density at radius 2 is 1.68 bits per heavy atom. The van der Waals surface area contributed by atoms with E-state index in [1.807, 2.05) is 54.6 Å². The first-order valence-corrected chi connectivity index (χ1v) is 12.4. The van der Waals surface area contributed by atoms with Gasteiger partial charge in [0.05, 0.1) is 18.7 Å². The summed E-state index contributed by atoms with van der Waals surface area (Å²) in [6.45, 7) is 0.756. The van der Waals surface area contributed by atoms with E-state index in [0.29, 0.717) is 25.0 Å². The van der Waals surface area contributed by atoms with Crippen molar-refractivity contribution in [1.82, 2.24) is 10.2 Å². The Bertz CT molecular complexity index is 1290. The lowest BCUT2D eigenvalue weighted by molar-refractivity contribution is -0.136. The van der Waals surface area contributed by atoms with E-state index in [1.54, 1.807) is 17.0 Å². The van der Waals surface area contributed by atoms with Crippen LogP contribution in [0, 0.1) is 5.82 Å². The summed E-state index contributed by atoms with van der Waals surface area (Å²) in [6.07, 6.45) is 2.06. The Kier molecular flexibility index (Phi) is 7.21. The average molecular weight is 501 g/mol. The maximum absolute atomic E-state index is 13.2. The second kappa shape index (κ2) is 10.9. The highest BCUT2D eigenvalue weighted by atomic mass is 19.1. The highest BCUT2D eigenvalue weighted by Gasteiger charge is 2.46. The van der Waals surface area contributed by atoms with Gasteiger partial charge in [-0.2, -0.15) is 0 Å². The number of halogens is 1. The molecule has 2 amide bonds. The van der Waals surface area contributed by atoms with Gasteiger partial charge in [-0.1, -0.05) is 54.6 Å². The normalized spacial score (nSPS) is 18.5. The van der Waals surface area contributed by atoms with Crippen molar-refractivity contribution >= 4 is 17.6 Å². The van der Waals surface area contributed by atoms with Gasteiger partial charge < -0.3 is 19.7 Å². The number of hydrogen-bond acceptors (Lipinski definition) is 4. The van der Waals surface area contributed by atoms with Gasteiger partial charge in [-0.3, -0.25) is 0 Å². The van der Waals surface area contributed by atoms with Crippen LogP contribution >= 0.6 is 0 Å². The standard InChI is InChI=1S/C30H29FN2O4/c1-36-29(34)28-26(22-9-14-25(15-10-22)37-19-21-5-3-2-4-6-21)17-24-13-16-27(28)33(24)30(35)32-18-20-7-11-23(31)12-8-20/h2-12,14-15,24,27H,13,16-19H2,1H3,(H,32,35)/t24-,27+/m0/s1. The second-order valence-electron chi connectivity index (χ2n) is 9.33. The summed E-state index contributed by atoms with van der Waals surface area (Å²) in [7, 11) is 1.37. The Morgan fingerprint density at radius 3 is 2.38 bits per heavy atom. The third kappa shape index (κ3) is 5.35. The van der Waals surface area contributed by atoms with E-state index in [-0.39, 0.29) is 30.5 Å². The van der Waals surface area contributed by atoms with E-state index in [2.05, 4.69) is 5.32 Å². The highest BCUT2D eigenvalue weighted by molar-refractivity contribution is 6.01. The number of nitrogens with one attached hydrogen (secondary N) is 1. The van der Waals surface area contributed by atoms with Crippen molar-refractivity contribution in [1.29, 1.82) is 0 Å². The number of ether oxygens (including phenoxy) is 2. The molecule has 190 valence electrons. The Morgan fingerprint density at radius 1 is 0.946 bits per heavy atom. The monoisotopic (exact) mass is 500 g/mol. The molecule has 0 unspecified atom stereocenters. The first kappa shape index (κ1) is 24.6. The third-order valence-electron chi connectivity index (χ3n) is 7.05. The van der Waals surface area contributed by atoms with Crippen LogP contribution in [-0.2, 0) is 22.7 Å². The molecule has 3 aromatic carbocycles. The van der Waals surface area contributed by atoms with Crippen molar-refractivity contribution in [3.05, 3.63) is 107 Å². The number of urea groups is 1. The number of carbonyl (C=O) groups excluding carboxylic acids is 2. The van der Waals surface area contributed by atoms with Gasteiger partial charge in [0, 0.05) is 12.6 Å². The van der Waals surface area contributed by atoms with Crippen LogP contribution < -0.4 is 10.1 Å². The molecule has 0 aromatic heterocycles. The molecular weight excluding hydrogens is 471 g/mol. The van der Waals surface area contributed by atoms with Crippen LogP contribution in [0.15, 0.2) is 84.4 Å². The summed E-state index contributed by atoms with van der Waals surface area (Å²) < 4.78 is 24.3. The summed E-state index contributed by atoms with van der Waals surface area (Å²) in [5, 5.41) is 2.93. The van der Waals surface area contributed by atoms with Crippen LogP contribution in [-0.4, -0.2) is 36.1 Å². The quantitative estimate of drug-likeness (QED) is 0.437. The first-order valence-electron chi connectivity index (χ1n) is 12.4. The fourth-order valence-electron chi connectivity index (χ4n) is 5.23. The minimum Gasteiger partial charge on any atom is -0.489 e. The molecule has 2 heterocycles. The molecule has 3 aromatic rings. The van der Waals surface area contributed by atoms with Crippen LogP contribution in [0.1, 0.15) is 36.0 Å². The predicted octanol–water partition coefficient (Wildman–Crippen LogP) is 5.48. The van der Waals surface area contributed by atoms with E-state index in [0.717, 1.165) is 34.4 Å². The number of amides is 2. The molecule has 2 bridgehead atoms. The Hall–Kier alpha value is -4.13. The number of benzene rings is 3. The number of rotatable bonds is 7. The molecule has 2 aliphatic rings. The van der Waals surface area contributed by atoms with Gasteiger partial charge in [-0.25, -0.2) is 14.0 Å². The van der Waals surface area contributed by atoms with Gasteiger partial charge in [-0.15, -0.1) is 0 Å². The van der Waals surface area contributed by atoms with E-state index in [1.165, 1.54) is 19.2 Å². The number of hydrogen-bond donors (Lipinski definition) is 1. The van der Waals surface area contributed by atoms with Crippen molar-refractivity contribution in [3.63, 3.8) is 0 Å². The fourth-order valence-corrected chi connectivity index (χ4v) is 5.23. The van der Waals surface area contributed by atoms with Crippen LogP contribution in [0.5, 0.6) is 5.75 Å². The van der Waals surface area contributed by atoms with Gasteiger partial charge in [0.15, 0.2) is 0 Å². The van der Waals surface area contributed by atoms with Crippen LogP contribution in [0.2, 0.25) is 0 Å². The van der Waals surface area contributed by atoms with Crippen molar-refractivity contribution in [2.75, 3.05) is 7.11 Å². The van der Waals surface area contributed by atoms with E-state index in [4.69, 9.17) is 9.47 Å². The SMILES string of the molecule is COC(=O)C1=C(c2ccc(OCc3ccccc3)cc2)C[C@@H]2CC[C@H]1N2C(=O)NCc1ccc(F)cc1. The molecule has 2 aliphatic heterocycles. The number of esters is 1. The number of methoxy groups -OCH3 is 1. The van der Waals surface area contributed by atoms with Crippen LogP contribution in [0.25, 0.3) is 5.57 Å². The molecule has 0 radical (unpaired) electrons. The van der Waals surface area contributed by atoms with E-state index >= 15 is 0 Å². The zero-order chi connectivity index (χ0) is 25.8. The minimum atomic E-state index is -0.416. The predicted molar refractivity (Wildman–Crippen MR) is 138 cm³/mol. The molecule has 0 saturated carbocycles. The lowest BCUT2D eigenvalue weighted by Gasteiger charge is -2.37. The van der Waals surface area contributed by atoms with Crippen LogP contribution in [0.4, 0.5) is 9.18 Å². The smallest absolute Gasteiger partial charge is 0.336 e. The molecule has 0 aliphatic carbocycles. The zero-order valence-electron chi connectivity index (χ0n) is 20.7. The molecular formula is C30H29FN2O4. The largest absolute Gasteiger partial charge is 0.489 e. The molecule has 2 atom stereocenters. The minimum absolute atomic E-state index is 0.0179. The Labute approximate surface area is 215 Å².